The highest BCUT2D eigenvalue weighted by molar-refractivity contribution is 9.10. The Morgan fingerprint density at radius 3 is 2.89 bits per heavy atom. The molecule has 1 aliphatic rings. The van der Waals surface area contributed by atoms with E-state index >= 15 is 0 Å². The molecule has 0 spiro atoms. The number of carboxylic acids is 1. The van der Waals surface area contributed by atoms with Gasteiger partial charge in [-0.25, -0.2) is 0 Å². The molecule has 2 heterocycles. The average Bonchev–Trinajstić information content (AvgIpc) is 2.30. The summed E-state index contributed by atoms with van der Waals surface area (Å²) in [5.41, 5.74) is 0.714. The number of hydrogen-bond donors (Lipinski definition) is 1. The number of nitrogens with zero attached hydrogens (tertiary/aromatic N) is 2. The van der Waals surface area contributed by atoms with E-state index in [1.165, 1.54) is 0 Å². The third-order valence-corrected chi connectivity index (χ3v) is 4.23. The van der Waals surface area contributed by atoms with Gasteiger partial charge in [0.1, 0.15) is 6.04 Å². The Morgan fingerprint density at radius 2 is 2.32 bits per heavy atom. The van der Waals surface area contributed by atoms with E-state index in [2.05, 4.69) is 20.9 Å². The summed E-state index contributed by atoms with van der Waals surface area (Å²) in [5, 5.41) is 9.50. The van der Waals surface area contributed by atoms with E-state index in [9.17, 15) is 9.90 Å². The van der Waals surface area contributed by atoms with Crippen LogP contribution in [0.2, 0.25) is 0 Å². The molecular weight excluding hydrogens is 308 g/mol. The Hall–Kier alpha value is -0.940. The Bertz CT molecular complexity index is 459. The molecule has 0 aromatic carbocycles. The van der Waals surface area contributed by atoms with Gasteiger partial charge in [-0.3, -0.25) is 14.7 Å². The molecule has 0 bridgehead atoms. The zero-order chi connectivity index (χ0) is 14.0. The van der Waals surface area contributed by atoms with Crippen LogP contribution in [0.3, 0.4) is 0 Å². The zero-order valence-electron chi connectivity index (χ0n) is 11.3. The van der Waals surface area contributed by atoms with E-state index in [1.54, 1.807) is 6.20 Å². The second-order valence-corrected chi connectivity index (χ2v) is 6.69. The van der Waals surface area contributed by atoms with Gasteiger partial charge in [-0.2, -0.15) is 0 Å². The number of hydrogen-bond acceptors (Lipinski definition) is 3. The summed E-state index contributed by atoms with van der Waals surface area (Å²) in [5.74, 6) is -0.734. The van der Waals surface area contributed by atoms with Crippen molar-refractivity contribution in [1.82, 2.24) is 9.88 Å². The van der Waals surface area contributed by atoms with Crippen LogP contribution in [-0.2, 0) is 11.3 Å². The summed E-state index contributed by atoms with van der Waals surface area (Å²) >= 11 is 3.35. The molecule has 1 aromatic heterocycles. The SMILES string of the molecule is CC1(C)CCCN(Cc2ccc(Br)cn2)C1C(=O)O. The Labute approximate surface area is 122 Å². The fourth-order valence-corrected chi connectivity index (χ4v) is 3.10. The summed E-state index contributed by atoms with van der Waals surface area (Å²) in [4.78, 5) is 17.9. The van der Waals surface area contributed by atoms with Crippen molar-refractivity contribution in [3.8, 4) is 0 Å². The summed E-state index contributed by atoms with van der Waals surface area (Å²) in [7, 11) is 0. The van der Waals surface area contributed by atoms with Crippen molar-refractivity contribution in [3.05, 3.63) is 28.5 Å². The number of likely N-dealkylation sites (tertiary alicyclic amines) is 1. The molecule has 2 rings (SSSR count). The summed E-state index contributed by atoms with van der Waals surface area (Å²) in [6, 6.07) is 3.43. The standard InChI is InChI=1S/C14H19BrN2O2/c1-14(2)6-3-7-17(12(14)13(18)19)9-11-5-4-10(15)8-16-11/h4-5,8,12H,3,6-7,9H2,1-2H3,(H,18,19). The second kappa shape index (κ2) is 5.59. The first-order valence-electron chi connectivity index (χ1n) is 6.47. The average molecular weight is 327 g/mol. The topological polar surface area (TPSA) is 53.4 Å². The molecule has 4 nitrogen and oxygen atoms in total. The highest BCUT2D eigenvalue weighted by Gasteiger charge is 2.42. The van der Waals surface area contributed by atoms with E-state index in [0.29, 0.717) is 6.54 Å². The molecule has 1 atom stereocenters. The van der Waals surface area contributed by atoms with Crippen molar-refractivity contribution in [2.75, 3.05) is 6.54 Å². The van der Waals surface area contributed by atoms with Crippen LogP contribution in [-0.4, -0.2) is 33.5 Å². The Kier molecular flexibility index (Phi) is 4.26. The minimum Gasteiger partial charge on any atom is -0.480 e. The Morgan fingerprint density at radius 1 is 1.58 bits per heavy atom. The molecular formula is C14H19BrN2O2. The molecule has 104 valence electrons. The number of piperidine rings is 1. The highest BCUT2D eigenvalue weighted by atomic mass is 79.9. The number of aromatic nitrogens is 1. The number of carbonyl (C=O) groups is 1. The van der Waals surface area contributed by atoms with E-state index in [1.807, 2.05) is 30.9 Å². The van der Waals surface area contributed by atoms with Crippen LogP contribution in [0.4, 0.5) is 0 Å². The monoisotopic (exact) mass is 326 g/mol. The molecule has 0 radical (unpaired) electrons. The maximum Gasteiger partial charge on any atom is 0.321 e. The first-order chi connectivity index (χ1) is 8.90. The number of carboxylic acid groups (broad SMARTS) is 1. The Balaban J connectivity index is 2.17. The zero-order valence-corrected chi connectivity index (χ0v) is 12.9. The van der Waals surface area contributed by atoms with Crippen LogP contribution in [0.5, 0.6) is 0 Å². The lowest BCUT2D eigenvalue weighted by molar-refractivity contribution is -0.151. The van der Waals surface area contributed by atoms with Crippen molar-refractivity contribution in [3.63, 3.8) is 0 Å². The molecule has 1 aromatic rings. The molecule has 5 heteroatoms. The van der Waals surface area contributed by atoms with Crippen molar-refractivity contribution in [2.45, 2.75) is 39.3 Å². The van der Waals surface area contributed by atoms with Gasteiger partial charge in [-0.05, 0) is 52.9 Å². The molecule has 19 heavy (non-hydrogen) atoms. The van der Waals surface area contributed by atoms with E-state index in [4.69, 9.17) is 0 Å². The van der Waals surface area contributed by atoms with E-state index in [-0.39, 0.29) is 5.41 Å². The fourth-order valence-electron chi connectivity index (χ4n) is 2.87. The fraction of sp³-hybridized carbons (Fsp3) is 0.571. The van der Waals surface area contributed by atoms with Gasteiger partial charge in [0.2, 0.25) is 0 Å². The molecule has 1 N–H and O–H groups in total. The third kappa shape index (κ3) is 3.34. The van der Waals surface area contributed by atoms with Gasteiger partial charge in [0, 0.05) is 17.2 Å². The van der Waals surface area contributed by atoms with Gasteiger partial charge in [-0.1, -0.05) is 13.8 Å². The molecule has 0 aliphatic carbocycles. The van der Waals surface area contributed by atoms with E-state index in [0.717, 1.165) is 29.6 Å². The largest absolute Gasteiger partial charge is 0.480 e. The number of aliphatic carboxylic acids is 1. The lowest BCUT2D eigenvalue weighted by atomic mass is 9.76. The quantitative estimate of drug-likeness (QED) is 0.927. The molecule has 0 saturated carbocycles. The van der Waals surface area contributed by atoms with Crippen LogP contribution >= 0.6 is 15.9 Å². The van der Waals surface area contributed by atoms with Crippen LogP contribution in [0, 0.1) is 5.41 Å². The van der Waals surface area contributed by atoms with Crippen LogP contribution in [0.15, 0.2) is 22.8 Å². The number of halogens is 1. The molecule has 0 amide bonds. The minimum absolute atomic E-state index is 0.195. The summed E-state index contributed by atoms with van der Waals surface area (Å²) in [6.45, 7) is 5.48. The normalized spacial score (nSPS) is 23.2. The van der Waals surface area contributed by atoms with Crippen molar-refractivity contribution >= 4 is 21.9 Å². The van der Waals surface area contributed by atoms with Crippen LogP contribution in [0.25, 0.3) is 0 Å². The van der Waals surface area contributed by atoms with Gasteiger partial charge < -0.3 is 5.11 Å². The van der Waals surface area contributed by atoms with Crippen LogP contribution in [0.1, 0.15) is 32.4 Å². The molecule has 1 unspecified atom stereocenters. The summed E-state index contributed by atoms with van der Waals surface area (Å²) < 4.78 is 0.935. The van der Waals surface area contributed by atoms with Gasteiger partial charge >= 0.3 is 5.97 Å². The lowest BCUT2D eigenvalue weighted by Crippen LogP contribution is -2.53. The van der Waals surface area contributed by atoms with Crippen LogP contribution < -0.4 is 0 Å². The smallest absolute Gasteiger partial charge is 0.321 e. The van der Waals surface area contributed by atoms with Gasteiger partial charge in [0.15, 0.2) is 0 Å². The van der Waals surface area contributed by atoms with Crippen molar-refractivity contribution in [1.29, 1.82) is 0 Å². The van der Waals surface area contributed by atoms with Gasteiger partial charge in [-0.15, -0.1) is 0 Å². The van der Waals surface area contributed by atoms with Gasteiger partial charge in [0.05, 0.1) is 5.69 Å². The predicted molar refractivity (Wildman–Crippen MR) is 76.8 cm³/mol. The van der Waals surface area contributed by atoms with Crippen molar-refractivity contribution < 1.29 is 9.90 Å². The molecule has 1 fully saturated rings. The highest BCUT2D eigenvalue weighted by Crippen LogP contribution is 2.35. The number of pyridine rings is 1. The minimum atomic E-state index is -0.734. The van der Waals surface area contributed by atoms with Crippen molar-refractivity contribution in [2.24, 2.45) is 5.41 Å². The maximum absolute atomic E-state index is 11.6. The van der Waals surface area contributed by atoms with Gasteiger partial charge in [0.25, 0.3) is 0 Å². The third-order valence-electron chi connectivity index (χ3n) is 3.76. The number of rotatable bonds is 3. The molecule has 1 saturated heterocycles. The summed E-state index contributed by atoms with van der Waals surface area (Å²) in [6.07, 6.45) is 3.74. The van der Waals surface area contributed by atoms with E-state index < -0.39 is 12.0 Å². The maximum atomic E-state index is 11.6. The lowest BCUT2D eigenvalue weighted by Gasteiger charge is -2.43. The predicted octanol–water partition coefficient (Wildman–Crippen LogP) is 2.92. The molecule has 1 aliphatic heterocycles. The first kappa shape index (κ1) is 14.5. The second-order valence-electron chi connectivity index (χ2n) is 5.77. The first-order valence-corrected chi connectivity index (χ1v) is 7.27.